The second-order valence-electron chi connectivity index (χ2n) is 5.97. The van der Waals surface area contributed by atoms with Crippen LogP contribution in [0.15, 0.2) is 22.4 Å². The van der Waals surface area contributed by atoms with E-state index in [0.29, 0.717) is 42.4 Å². The summed E-state index contributed by atoms with van der Waals surface area (Å²) in [6.07, 6.45) is 1.54. The molecule has 0 saturated carbocycles. The Balaban J connectivity index is 1.88. The van der Waals surface area contributed by atoms with Crippen LogP contribution in [0.2, 0.25) is 0 Å². The number of aromatic nitrogens is 2. The van der Waals surface area contributed by atoms with E-state index in [9.17, 15) is 13.5 Å². The van der Waals surface area contributed by atoms with Crippen LogP contribution in [0.3, 0.4) is 0 Å². The van der Waals surface area contributed by atoms with Crippen molar-refractivity contribution in [3.8, 4) is 0 Å². The summed E-state index contributed by atoms with van der Waals surface area (Å²) in [6, 6.07) is 5.41. The van der Waals surface area contributed by atoms with Crippen LogP contribution in [0.4, 0.5) is 0 Å². The lowest BCUT2D eigenvalue weighted by atomic mass is 10.2. The van der Waals surface area contributed by atoms with Gasteiger partial charge in [0.2, 0.25) is 0 Å². The molecule has 3 rings (SSSR count). The molecule has 1 N–H and O–H groups in total. The molecule has 0 unspecified atom stereocenters. The molecule has 0 aromatic carbocycles. The largest absolute Gasteiger partial charge is 0.387 e. The molecule has 3 heterocycles. The molecule has 1 atom stereocenters. The maximum Gasteiger partial charge on any atom is 0.252 e. The summed E-state index contributed by atoms with van der Waals surface area (Å²) in [5, 5.41) is 14.4. The van der Waals surface area contributed by atoms with Crippen LogP contribution in [0.1, 0.15) is 49.1 Å². The number of nitrogens with zero attached hydrogens (tertiary/aromatic N) is 3. The van der Waals surface area contributed by atoms with Crippen molar-refractivity contribution in [2.45, 2.75) is 56.5 Å². The first-order valence-electron chi connectivity index (χ1n) is 8.29. The molecule has 0 aliphatic carbocycles. The number of fused-ring (bicyclic) bond motifs is 1. The minimum Gasteiger partial charge on any atom is -0.387 e. The summed E-state index contributed by atoms with van der Waals surface area (Å²) in [7, 11) is -3.49. The molecule has 0 radical (unpaired) electrons. The fourth-order valence-electron chi connectivity index (χ4n) is 2.85. The molecule has 0 spiro atoms. The Morgan fingerprint density at radius 3 is 2.79 bits per heavy atom. The molecule has 0 amide bonds. The zero-order chi connectivity index (χ0) is 17.3. The van der Waals surface area contributed by atoms with Gasteiger partial charge in [-0.25, -0.2) is 8.42 Å². The van der Waals surface area contributed by atoms with Crippen LogP contribution in [-0.2, 0) is 29.5 Å². The van der Waals surface area contributed by atoms with Crippen molar-refractivity contribution in [1.29, 1.82) is 0 Å². The fourth-order valence-corrected chi connectivity index (χ4v) is 5.75. The predicted molar refractivity (Wildman–Crippen MR) is 93.4 cm³/mol. The van der Waals surface area contributed by atoms with Gasteiger partial charge >= 0.3 is 0 Å². The molecule has 2 aromatic heterocycles. The first-order valence-corrected chi connectivity index (χ1v) is 10.5. The van der Waals surface area contributed by atoms with Crippen LogP contribution in [-0.4, -0.2) is 34.2 Å². The highest BCUT2D eigenvalue weighted by molar-refractivity contribution is 7.91. The predicted octanol–water partition coefficient (Wildman–Crippen LogP) is 2.55. The standard InChI is InChI=1S/C16H23N3O3S2/c1-3-13-6-7-16(23-13)24(21,22)18-8-5-9-19-12(11-18)10-14(17-19)15(20)4-2/h6-7,10,15,20H,3-5,8-9,11H2,1-2H3/t15-/m1/s1. The van der Waals surface area contributed by atoms with E-state index in [4.69, 9.17) is 0 Å². The molecular weight excluding hydrogens is 346 g/mol. The summed E-state index contributed by atoms with van der Waals surface area (Å²) in [5.74, 6) is 0. The third kappa shape index (κ3) is 3.28. The first-order chi connectivity index (χ1) is 11.5. The Labute approximate surface area is 146 Å². The zero-order valence-electron chi connectivity index (χ0n) is 14.0. The van der Waals surface area contributed by atoms with Gasteiger partial charge in [-0.3, -0.25) is 4.68 Å². The van der Waals surface area contributed by atoms with Crippen molar-refractivity contribution in [1.82, 2.24) is 14.1 Å². The monoisotopic (exact) mass is 369 g/mol. The SMILES string of the molecule is CCc1ccc(S(=O)(=O)N2CCCn3nc([C@H](O)CC)cc3C2)s1. The fraction of sp³-hybridized carbons (Fsp3) is 0.562. The summed E-state index contributed by atoms with van der Waals surface area (Å²) in [4.78, 5) is 1.07. The molecule has 1 aliphatic heterocycles. The van der Waals surface area contributed by atoms with Crippen molar-refractivity contribution in [3.05, 3.63) is 34.5 Å². The van der Waals surface area contributed by atoms with E-state index in [1.54, 1.807) is 6.07 Å². The second kappa shape index (κ2) is 6.95. The summed E-state index contributed by atoms with van der Waals surface area (Å²) in [5.41, 5.74) is 1.46. The number of rotatable bonds is 5. The number of aliphatic hydroxyl groups excluding tert-OH is 1. The maximum absolute atomic E-state index is 12.9. The van der Waals surface area contributed by atoms with Gasteiger partial charge in [-0.1, -0.05) is 13.8 Å². The molecule has 24 heavy (non-hydrogen) atoms. The van der Waals surface area contributed by atoms with E-state index in [0.717, 1.165) is 17.0 Å². The summed E-state index contributed by atoms with van der Waals surface area (Å²) < 4.78 is 29.6. The number of hydrogen-bond donors (Lipinski definition) is 1. The number of sulfonamides is 1. The van der Waals surface area contributed by atoms with Gasteiger partial charge in [-0.05, 0) is 37.5 Å². The minimum atomic E-state index is -3.49. The minimum absolute atomic E-state index is 0.297. The smallest absolute Gasteiger partial charge is 0.252 e. The molecule has 132 valence electrons. The van der Waals surface area contributed by atoms with E-state index < -0.39 is 16.1 Å². The molecule has 0 fully saturated rings. The zero-order valence-corrected chi connectivity index (χ0v) is 15.6. The van der Waals surface area contributed by atoms with Crippen LogP contribution >= 0.6 is 11.3 Å². The lowest BCUT2D eigenvalue weighted by Crippen LogP contribution is -2.30. The van der Waals surface area contributed by atoms with E-state index in [1.807, 2.05) is 30.7 Å². The van der Waals surface area contributed by atoms with Gasteiger partial charge < -0.3 is 5.11 Å². The maximum atomic E-state index is 12.9. The number of hydrogen-bond acceptors (Lipinski definition) is 5. The number of aliphatic hydroxyl groups is 1. The van der Waals surface area contributed by atoms with Gasteiger partial charge in [0.05, 0.1) is 24.0 Å². The second-order valence-corrected chi connectivity index (χ2v) is 9.31. The van der Waals surface area contributed by atoms with Crippen molar-refractivity contribution in [2.24, 2.45) is 0 Å². The Morgan fingerprint density at radius 2 is 2.12 bits per heavy atom. The van der Waals surface area contributed by atoms with E-state index >= 15 is 0 Å². The molecule has 2 aromatic rings. The third-order valence-corrected chi connectivity index (χ3v) is 7.85. The van der Waals surface area contributed by atoms with E-state index in [1.165, 1.54) is 15.6 Å². The average Bonchev–Trinajstić information content (AvgIpc) is 3.17. The number of aryl methyl sites for hydroxylation is 2. The molecule has 0 bridgehead atoms. The van der Waals surface area contributed by atoms with Crippen LogP contribution in [0.25, 0.3) is 0 Å². The number of thiophene rings is 1. The molecule has 8 heteroatoms. The van der Waals surface area contributed by atoms with Crippen LogP contribution in [0, 0.1) is 0 Å². The quantitative estimate of drug-likeness (QED) is 0.879. The van der Waals surface area contributed by atoms with Gasteiger partial charge in [0.25, 0.3) is 10.0 Å². The molecule has 6 nitrogen and oxygen atoms in total. The Hall–Kier alpha value is -1.22. The lowest BCUT2D eigenvalue weighted by molar-refractivity contribution is 0.167. The van der Waals surface area contributed by atoms with Crippen molar-refractivity contribution < 1.29 is 13.5 Å². The van der Waals surface area contributed by atoms with Gasteiger partial charge in [0.1, 0.15) is 4.21 Å². The Morgan fingerprint density at radius 1 is 1.33 bits per heavy atom. The molecule has 1 aliphatic rings. The Kier molecular flexibility index (Phi) is 5.10. The van der Waals surface area contributed by atoms with E-state index in [-0.39, 0.29) is 0 Å². The van der Waals surface area contributed by atoms with Crippen LogP contribution < -0.4 is 0 Å². The molecule has 0 saturated heterocycles. The Bertz CT molecular complexity index is 810. The summed E-state index contributed by atoms with van der Waals surface area (Å²) in [6.45, 7) is 5.37. The van der Waals surface area contributed by atoms with Crippen LogP contribution in [0.5, 0.6) is 0 Å². The van der Waals surface area contributed by atoms with Gasteiger partial charge in [0.15, 0.2) is 0 Å². The highest BCUT2D eigenvalue weighted by Gasteiger charge is 2.29. The van der Waals surface area contributed by atoms with Gasteiger partial charge in [-0.15, -0.1) is 11.3 Å². The first kappa shape index (κ1) is 17.6. The highest BCUT2D eigenvalue weighted by atomic mass is 32.2. The van der Waals surface area contributed by atoms with Crippen molar-refractivity contribution >= 4 is 21.4 Å². The topological polar surface area (TPSA) is 75.4 Å². The van der Waals surface area contributed by atoms with Crippen molar-refractivity contribution in [3.63, 3.8) is 0 Å². The lowest BCUT2D eigenvalue weighted by Gasteiger charge is -2.18. The third-order valence-electron chi connectivity index (χ3n) is 4.31. The highest BCUT2D eigenvalue weighted by Crippen LogP contribution is 2.28. The van der Waals surface area contributed by atoms with Gasteiger partial charge in [0, 0.05) is 18.0 Å². The summed E-state index contributed by atoms with van der Waals surface area (Å²) >= 11 is 1.34. The normalized spacial score (nSPS) is 17.5. The van der Waals surface area contributed by atoms with E-state index in [2.05, 4.69) is 5.10 Å². The van der Waals surface area contributed by atoms with Gasteiger partial charge in [-0.2, -0.15) is 9.40 Å². The van der Waals surface area contributed by atoms with Crippen molar-refractivity contribution in [2.75, 3.05) is 6.54 Å². The molecular formula is C16H23N3O3S2. The average molecular weight is 370 g/mol.